The molecule has 66 valence electrons. The Morgan fingerprint density at radius 1 is 1.55 bits per heavy atom. The Bertz CT molecular complexity index is 130. The highest BCUT2D eigenvalue weighted by molar-refractivity contribution is 5.74. The summed E-state index contributed by atoms with van der Waals surface area (Å²) in [6, 6.07) is -0.718. The topological polar surface area (TPSA) is 32.3 Å². The van der Waals surface area contributed by atoms with Crippen molar-refractivity contribution < 1.29 is 13.6 Å². The van der Waals surface area contributed by atoms with E-state index in [1.54, 1.807) is 6.92 Å². The Morgan fingerprint density at radius 3 is 2.36 bits per heavy atom. The van der Waals surface area contributed by atoms with Gasteiger partial charge in [-0.2, -0.15) is 8.78 Å². The van der Waals surface area contributed by atoms with Gasteiger partial charge < -0.3 is 5.32 Å². The minimum absolute atomic E-state index is 0.0174. The molecule has 0 aliphatic carbocycles. The van der Waals surface area contributed by atoms with Gasteiger partial charge in [-0.1, -0.05) is 0 Å². The largest absolute Gasteiger partial charge is 0.338 e. The fourth-order valence-corrected chi connectivity index (χ4v) is 0.623. The fraction of sp³-hybridized carbons (Fsp3) is 0.833. The van der Waals surface area contributed by atoms with Gasteiger partial charge in [0.2, 0.25) is 0 Å². The lowest BCUT2D eigenvalue weighted by Crippen LogP contribution is -2.42. The highest BCUT2D eigenvalue weighted by Crippen LogP contribution is 2.01. The summed E-state index contributed by atoms with van der Waals surface area (Å²) in [5, 5.41) is 2.28. The lowest BCUT2D eigenvalue weighted by Gasteiger charge is -2.19. The lowest BCUT2D eigenvalue weighted by molar-refractivity contribution is 0.00511. The summed E-state index contributed by atoms with van der Waals surface area (Å²) >= 11 is 0. The summed E-state index contributed by atoms with van der Waals surface area (Å²) in [6.45, 7) is 0.844. The van der Waals surface area contributed by atoms with E-state index in [9.17, 15) is 13.6 Å². The van der Waals surface area contributed by atoms with Crippen molar-refractivity contribution in [3.63, 3.8) is 0 Å². The van der Waals surface area contributed by atoms with E-state index in [0.29, 0.717) is 11.4 Å². The fourth-order valence-electron chi connectivity index (χ4n) is 0.623. The first kappa shape index (κ1) is 10.1. The Balaban J connectivity index is 3.92. The maximum atomic E-state index is 11.9. The lowest BCUT2D eigenvalue weighted by atomic mass is 10.6. The molecule has 5 heteroatoms. The molecule has 0 heterocycles. The maximum Gasteiger partial charge on any atom is 0.321 e. The molecule has 3 nitrogen and oxygen atoms in total. The first-order chi connectivity index (χ1) is 5.13. The number of hydrogen-bond donors (Lipinski definition) is 1. The van der Waals surface area contributed by atoms with E-state index in [2.05, 4.69) is 5.32 Å². The average molecular weight is 166 g/mol. The molecule has 1 N–H and O–H groups in total. The third kappa shape index (κ3) is 3.15. The van der Waals surface area contributed by atoms with Crippen molar-refractivity contribution >= 4 is 6.03 Å². The van der Waals surface area contributed by atoms with Crippen molar-refractivity contribution in [1.29, 1.82) is 0 Å². The van der Waals surface area contributed by atoms with Crippen LogP contribution in [0.4, 0.5) is 13.6 Å². The Kier molecular flexibility index (Phi) is 4.49. The molecule has 0 fully saturated rings. The molecule has 0 aliphatic heterocycles. The maximum absolute atomic E-state index is 11.9. The van der Waals surface area contributed by atoms with E-state index in [1.807, 2.05) is 0 Å². The molecule has 0 aromatic heterocycles. The summed E-state index contributed by atoms with van der Waals surface area (Å²) in [7, 11) is 0. The number of carbonyl (C=O) groups is 1. The van der Waals surface area contributed by atoms with E-state index in [0.717, 1.165) is 0 Å². The zero-order chi connectivity index (χ0) is 8.85. The molecule has 0 atom stereocenters. The molecule has 2 amide bonds. The number of hydrogen-bond acceptors (Lipinski definition) is 1. The third-order valence-electron chi connectivity index (χ3n) is 1.17. The number of nitrogens with one attached hydrogen (secondary N) is 1. The van der Waals surface area contributed by atoms with Crippen LogP contribution in [0.3, 0.4) is 0 Å². The number of urea groups is 1. The number of nitrogens with zero attached hydrogens (tertiary/aromatic N) is 1. The standard InChI is InChI=1S/C6H12F2N2O/c1-3-9-6(11)10(4-2)5(7)8/h5H,3-4H2,1-2H3,(H,9,11). The van der Waals surface area contributed by atoms with Crippen LogP contribution in [-0.2, 0) is 0 Å². The molecule has 11 heavy (non-hydrogen) atoms. The summed E-state index contributed by atoms with van der Waals surface area (Å²) in [5.74, 6) is 0. The van der Waals surface area contributed by atoms with Crippen LogP contribution in [-0.4, -0.2) is 30.6 Å². The number of rotatable bonds is 3. The van der Waals surface area contributed by atoms with Crippen LogP contribution in [0.15, 0.2) is 0 Å². The predicted molar refractivity (Wildman–Crippen MR) is 37.5 cm³/mol. The van der Waals surface area contributed by atoms with Crippen molar-refractivity contribution in [3.05, 3.63) is 0 Å². The second-order valence-electron chi connectivity index (χ2n) is 1.90. The van der Waals surface area contributed by atoms with Crippen LogP contribution in [0, 0.1) is 0 Å². The molecule has 0 aromatic rings. The molecule has 0 saturated carbocycles. The summed E-state index contributed by atoms with van der Waals surface area (Å²) < 4.78 is 23.9. The second-order valence-corrected chi connectivity index (χ2v) is 1.90. The number of alkyl halides is 2. The van der Waals surface area contributed by atoms with Gasteiger partial charge in [-0.15, -0.1) is 0 Å². The smallest absolute Gasteiger partial charge is 0.321 e. The first-order valence-corrected chi connectivity index (χ1v) is 3.46. The minimum atomic E-state index is -2.72. The van der Waals surface area contributed by atoms with Crippen molar-refractivity contribution in [1.82, 2.24) is 10.2 Å². The van der Waals surface area contributed by atoms with Gasteiger partial charge in [-0.25, -0.2) is 4.79 Å². The van der Waals surface area contributed by atoms with Crippen molar-refractivity contribution in [2.45, 2.75) is 20.4 Å². The minimum Gasteiger partial charge on any atom is -0.338 e. The quantitative estimate of drug-likeness (QED) is 0.629. The molecular weight excluding hydrogens is 154 g/mol. The molecule has 0 radical (unpaired) electrons. The number of halogens is 2. The Hall–Kier alpha value is -0.870. The van der Waals surface area contributed by atoms with Crippen molar-refractivity contribution in [2.75, 3.05) is 13.1 Å². The van der Waals surface area contributed by atoms with Crippen LogP contribution in [0.2, 0.25) is 0 Å². The van der Waals surface area contributed by atoms with Gasteiger partial charge in [0.25, 0.3) is 0 Å². The Morgan fingerprint density at radius 2 is 2.09 bits per heavy atom. The second kappa shape index (κ2) is 4.87. The molecule has 0 aliphatic rings. The average Bonchev–Trinajstić information content (AvgIpc) is 1.88. The van der Waals surface area contributed by atoms with Crippen LogP contribution < -0.4 is 5.32 Å². The van der Waals surface area contributed by atoms with Gasteiger partial charge >= 0.3 is 12.6 Å². The van der Waals surface area contributed by atoms with E-state index in [4.69, 9.17) is 0 Å². The third-order valence-corrected chi connectivity index (χ3v) is 1.17. The van der Waals surface area contributed by atoms with Crippen LogP contribution in [0.1, 0.15) is 13.8 Å². The Labute approximate surface area is 64.4 Å². The molecular formula is C6H12F2N2O. The molecule has 0 rings (SSSR count). The SMILES string of the molecule is CCNC(=O)N(CC)C(F)F. The monoisotopic (exact) mass is 166 g/mol. The normalized spacial score (nSPS) is 9.91. The number of carbonyl (C=O) groups excluding carboxylic acids is 1. The van der Waals surface area contributed by atoms with Gasteiger partial charge in [0.1, 0.15) is 0 Å². The number of amides is 2. The van der Waals surface area contributed by atoms with E-state index < -0.39 is 12.6 Å². The predicted octanol–water partition coefficient (Wildman–Crippen LogP) is 1.26. The van der Waals surface area contributed by atoms with Crippen LogP contribution >= 0.6 is 0 Å². The highest BCUT2D eigenvalue weighted by atomic mass is 19.3. The van der Waals surface area contributed by atoms with Gasteiger partial charge in [-0.3, -0.25) is 4.90 Å². The summed E-state index contributed by atoms with van der Waals surface area (Å²) in [6.07, 6.45) is 0. The van der Waals surface area contributed by atoms with E-state index in [1.165, 1.54) is 6.92 Å². The molecule has 0 bridgehead atoms. The van der Waals surface area contributed by atoms with Gasteiger partial charge in [0, 0.05) is 13.1 Å². The van der Waals surface area contributed by atoms with Crippen molar-refractivity contribution in [2.24, 2.45) is 0 Å². The summed E-state index contributed by atoms with van der Waals surface area (Å²) in [5.41, 5.74) is 0. The van der Waals surface area contributed by atoms with Crippen molar-refractivity contribution in [3.8, 4) is 0 Å². The molecule has 0 unspecified atom stereocenters. The zero-order valence-electron chi connectivity index (χ0n) is 6.60. The van der Waals surface area contributed by atoms with Gasteiger partial charge in [-0.05, 0) is 13.8 Å². The van der Waals surface area contributed by atoms with E-state index >= 15 is 0 Å². The van der Waals surface area contributed by atoms with Crippen LogP contribution in [0.25, 0.3) is 0 Å². The van der Waals surface area contributed by atoms with E-state index in [-0.39, 0.29) is 6.54 Å². The highest BCUT2D eigenvalue weighted by Gasteiger charge is 2.19. The van der Waals surface area contributed by atoms with Crippen LogP contribution in [0.5, 0.6) is 0 Å². The molecule has 0 aromatic carbocycles. The van der Waals surface area contributed by atoms with Gasteiger partial charge in [0.15, 0.2) is 0 Å². The first-order valence-electron chi connectivity index (χ1n) is 3.46. The zero-order valence-corrected chi connectivity index (χ0v) is 6.60. The van der Waals surface area contributed by atoms with Gasteiger partial charge in [0.05, 0.1) is 0 Å². The summed E-state index contributed by atoms with van der Waals surface area (Å²) in [4.78, 5) is 11.2. The molecule has 0 saturated heterocycles. The molecule has 0 spiro atoms.